The third-order valence-corrected chi connectivity index (χ3v) is 5.60. The van der Waals surface area contributed by atoms with Crippen LogP contribution in [0.25, 0.3) is 0 Å². The number of hydrogen-bond acceptors (Lipinski definition) is 2. The van der Waals surface area contributed by atoms with Gasteiger partial charge in [0.05, 0.1) is 0 Å². The van der Waals surface area contributed by atoms with Gasteiger partial charge in [0.2, 0.25) is 0 Å². The lowest BCUT2D eigenvalue weighted by Gasteiger charge is -2.35. The number of benzene rings is 2. The normalized spacial score (nSPS) is 18.0. The summed E-state index contributed by atoms with van der Waals surface area (Å²) in [4.78, 5) is 17.0. The fourth-order valence-electron chi connectivity index (χ4n) is 4.11. The minimum absolute atomic E-state index is 0.00792. The van der Waals surface area contributed by atoms with Gasteiger partial charge < -0.3 is 10.2 Å². The second kappa shape index (κ2) is 7.99. The van der Waals surface area contributed by atoms with Crippen LogP contribution >= 0.6 is 0 Å². The van der Waals surface area contributed by atoms with Crippen molar-refractivity contribution in [3.05, 3.63) is 59.9 Å². The van der Waals surface area contributed by atoms with E-state index in [4.69, 9.17) is 0 Å². The van der Waals surface area contributed by atoms with E-state index in [-0.39, 0.29) is 17.9 Å². The van der Waals surface area contributed by atoms with E-state index >= 15 is 0 Å². The molecule has 0 saturated carbocycles. The highest BCUT2D eigenvalue weighted by molar-refractivity contribution is 5.93. The zero-order valence-electron chi connectivity index (χ0n) is 15.5. The van der Waals surface area contributed by atoms with Gasteiger partial charge in [0.15, 0.2) is 0 Å². The number of para-hydroxylation sites is 1. The molecular formula is C22H26FN3O. The molecule has 0 aliphatic carbocycles. The van der Waals surface area contributed by atoms with Gasteiger partial charge in [0, 0.05) is 37.1 Å². The number of halogens is 1. The van der Waals surface area contributed by atoms with Crippen molar-refractivity contribution < 1.29 is 9.18 Å². The van der Waals surface area contributed by atoms with Crippen molar-refractivity contribution in [2.24, 2.45) is 0 Å². The fourth-order valence-corrected chi connectivity index (χ4v) is 4.11. The standard InChI is InChI=1S/C22H26FN3O/c23-18-8-5-9-20(16-18)25-14-11-19(12-15-25)24-22(27)26-13-4-3-7-17-6-1-2-10-21(17)26/h1-2,5-6,8-10,16,19H,3-4,7,11-15H2,(H,24,27). The second-order valence-electron chi connectivity index (χ2n) is 7.43. The third-order valence-electron chi connectivity index (χ3n) is 5.60. The Balaban J connectivity index is 1.37. The number of carbonyl (C=O) groups excluding carboxylic acids is 1. The molecule has 1 N–H and O–H groups in total. The molecule has 2 aliphatic heterocycles. The Morgan fingerprint density at radius 3 is 2.63 bits per heavy atom. The molecule has 2 heterocycles. The number of hydrogen-bond donors (Lipinski definition) is 1. The Hall–Kier alpha value is -2.56. The van der Waals surface area contributed by atoms with Crippen LogP contribution in [-0.4, -0.2) is 31.7 Å². The summed E-state index contributed by atoms with van der Waals surface area (Å²) >= 11 is 0. The molecule has 0 radical (unpaired) electrons. The van der Waals surface area contributed by atoms with Crippen LogP contribution in [0.15, 0.2) is 48.5 Å². The van der Waals surface area contributed by atoms with Crippen molar-refractivity contribution >= 4 is 17.4 Å². The molecule has 0 atom stereocenters. The Bertz CT molecular complexity index is 802. The molecule has 1 fully saturated rings. The number of rotatable bonds is 2. The summed E-state index contributed by atoms with van der Waals surface area (Å²) in [7, 11) is 0. The molecular weight excluding hydrogens is 341 g/mol. The first kappa shape index (κ1) is 17.8. The van der Waals surface area contributed by atoms with E-state index in [0.29, 0.717) is 0 Å². The number of fused-ring (bicyclic) bond motifs is 1. The molecule has 142 valence electrons. The monoisotopic (exact) mass is 367 g/mol. The molecule has 4 rings (SSSR count). The lowest BCUT2D eigenvalue weighted by atomic mass is 10.0. The smallest absolute Gasteiger partial charge is 0.322 e. The van der Waals surface area contributed by atoms with E-state index in [2.05, 4.69) is 16.3 Å². The van der Waals surface area contributed by atoms with Crippen molar-refractivity contribution in [1.29, 1.82) is 0 Å². The number of aryl methyl sites for hydroxylation is 1. The van der Waals surface area contributed by atoms with Crippen LogP contribution in [0.5, 0.6) is 0 Å². The Kier molecular flexibility index (Phi) is 5.28. The zero-order chi connectivity index (χ0) is 18.6. The molecule has 4 nitrogen and oxygen atoms in total. The number of piperidine rings is 1. The molecule has 5 heteroatoms. The van der Waals surface area contributed by atoms with Gasteiger partial charge >= 0.3 is 6.03 Å². The number of amides is 2. The summed E-state index contributed by atoms with van der Waals surface area (Å²) in [5, 5.41) is 3.23. The van der Waals surface area contributed by atoms with Crippen molar-refractivity contribution in [1.82, 2.24) is 5.32 Å². The third kappa shape index (κ3) is 4.07. The molecule has 0 spiro atoms. The first-order valence-electron chi connectivity index (χ1n) is 9.87. The van der Waals surface area contributed by atoms with Gasteiger partial charge in [-0.1, -0.05) is 24.3 Å². The maximum absolute atomic E-state index is 13.4. The van der Waals surface area contributed by atoms with Crippen LogP contribution in [-0.2, 0) is 6.42 Å². The molecule has 0 aromatic heterocycles. The highest BCUT2D eigenvalue weighted by atomic mass is 19.1. The molecule has 27 heavy (non-hydrogen) atoms. The molecule has 2 aromatic carbocycles. The Morgan fingerprint density at radius 2 is 1.81 bits per heavy atom. The highest BCUT2D eigenvalue weighted by Crippen LogP contribution is 2.27. The molecule has 2 aliphatic rings. The summed E-state index contributed by atoms with van der Waals surface area (Å²) in [6.07, 6.45) is 4.92. The maximum Gasteiger partial charge on any atom is 0.322 e. The van der Waals surface area contributed by atoms with E-state index < -0.39 is 0 Å². The van der Waals surface area contributed by atoms with Crippen LogP contribution in [0, 0.1) is 5.82 Å². The van der Waals surface area contributed by atoms with Crippen LogP contribution < -0.4 is 15.1 Å². The van der Waals surface area contributed by atoms with Crippen LogP contribution in [0.2, 0.25) is 0 Å². The predicted octanol–water partition coefficient (Wildman–Crippen LogP) is 4.35. The minimum atomic E-state index is -0.206. The van der Waals surface area contributed by atoms with Crippen LogP contribution in [0.1, 0.15) is 31.2 Å². The van der Waals surface area contributed by atoms with Gasteiger partial charge in [0.25, 0.3) is 0 Å². The molecule has 0 unspecified atom stereocenters. The minimum Gasteiger partial charge on any atom is -0.371 e. The molecule has 1 saturated heterocycles. The number of nitrogens with one attached hydrogen (secondary N) is 1. The Labute approximate surface area is 160 Å². The maximum atomic E-state index is 13.4. The number of carbonyl (C=O) groups is 1. The highest BCUT2D eigenvalue weighted by Gasteiger charge is 2.25. The van der Waals surface area contributed by atoms with Gasteiger partial charge in [-0.2, -0.15) is 0 Å². The lowest BCUT2D eigenvalue weighted by Crippen LogP contribution is -2.49. The SMILES string of the molecule is O=C(NC1CCN(c2cccc(F)c2)CC1)N1CCCCc2ccccc21. The van der Waals surface area contributed by atoms with E-state index in [1.54, 1.807) is 12.1 Å². The number of nitrogens with zero attached hydrogens (tertiary/aromatic N) is 2. The largest absolute Gasteiger partial charge is 0.371 e. The van der Waals surface area contributed by atoms with Gasteiger partial charge in [-0.15, -0.1) is 0 Å². The van der Waals surface area contributed by atoms with Gasteiger partial charge in [-0.25, -0.2) is 9.18 Å². The number of anilines is 2. The lowest BCUT2D eigenvalue weighted by molar-refractivity contribution is 0.240. The van der Waals surface area contributed by atoms with Crippen LogP contribution in [0.4, 0.5) is 20.6 Å². The van der Waals surface area contributed by atoms with E-state index in [1.165, 1.54) is 11.6 Å². The summed E-state index contributed by atoms with van der Waals surface area (Å²) < 4.78 is 13.4. The van der Waals surface area contributed by atoms with E-state index in [0.717, 1.165) is 63.1 Å². The quantitative estimate of drug-likeness (QED) is 0.857. The fraction of sp³-hybridized carbons (Fsp3) is 0.409. The van der Waals surface area contributed by atoms with Crippen molar-refractivity contribution in [3.63, 3.8) is 0 Å². The summed E-state index contributed by atoms with van der Waals surface area (Å²) in [5.74, 6) is -0.206. The van der Waals surface area contributed by atoms with Crippen molar-refractivity contribution in [2.45, 2.75) is 38.1 Å². The van der Waals surface area contributed by atoms with E-state index in [1.807, 2.05) is 29.2 Å². The average molecular weight is 367 g/mol. The topological polar surface area (TPSA) is 35.6 Å². The zero-order valence-corrected chi connectivity index (χ0v) is 15.5. The summed E-state index contributed by atoms with van der Waals surface area (Å²) in [5.41, 5.74) is 3.22. The summed E-state index contributed by atoms with van der Waals surface area (Å²) in [6.45, 7) is 2.42. The predicted molar refractivity (Wildman–Crippen MR) is 107 cm³/mol. The van der Waals surface area contributed by atoms with E-state index in [9.17, 15) is 9.18 Å². The summed E-state index contributed by atoms with van der Waals surface area (Å²) in [6, 6.07) is 15.1. The van der Waals surface area contributed by atoms with Gasteiger partial charge in [-0.3, -0.25) is 4.90 Å². The average Bonchev–Trinajstić information content (AvgIpc) is 2.91. The van der Waals surface area contributed by atoms with Gasteiger partial charge in [0.1, 0.15) is 5.82 Å². The van der Waals surface area contributed by atoms with Crippen molar-refractivity contribution in [3.8, 4) is 0 Å². The second-order valence-corrected chi connectivity index (χ2v) is 7.43. The van der Waals surface area contributed by atoms with Crippen molar-refractivity contribution in [2.75, 3.05) is 29.4 Å². The molecule has 2 amide bonds. The van der Waals surface area contributed by atoms with Crippen LogP contribution in [0.3, 0.4) is 0 Å². The first-order valence-corrected chi connectivity index (χ1v) is 9.87. The number of urea groups is 1. The van der Waals surface area contributed by atoms with Gasteiger partial charge in [-0.05, 0) is 61.9 Å². The molecule has 2 aromatic rings. The molecule has 0 bridgehead atoms. The first-order chi connectivity index (χ1) is 13.2. The Morgan fingerprint density at radius 1 is 1.00 bits per heavy atom.